The number of anilines is 2. The molecular weight excluding hydrogens is 456 g/mol. The second-order valence-electron chi connectivity index (χ2n) is 7.29. The zero-order chi connectivity index (χ0) is 25.7. The summed E-state index contributed by atoms with van der Waals surface area (Å²) >= 11 is 0. The van der Waals surface area contributed by atoms with Gasteiger partial charge < -0.3 is 20.5 Å². The van der Waals surface area contributed by atoms with Gasteiger partial charge in [0.05, 0.1) is 5.69 Å². The smallest absolute Gasteiger partial charge is 0.337 e. The van der Waals surface area contributed by atoms with Gasteiger partial charge in [-0.15, -0.1) is 0 Å². The molecule has 0 atom stereocenters. The molecule has 0 aliphatic heterocycles. The molecular formula is C24H22N4O7. The molecule has 0 unspecified atom stereocenters. The lowest BCUT2D eigenvalue weighted by atomic mass is 10.2. The Hall–Kier alpha value is -4.93. The fourth-order valence-corrected chi connectivity index (χ4v) is 3.11. The van der Waals surface area contributed by atoms with Crippen LogP contribution >= 0.6 is 0 Å². The number of aromatic nitrogens is 2. The van der Waals surface area contributed by atoms with Gasteiger partial charge in [-0.05, 0) is 35.9 Å². The summed E-state index contributed by atoms with van der Waals surface area (Å²) < 4.78 is 12.0. The Morgan fingerprint density at radius 2 is 1.57 bits per heavy atom. The molecule has 1 amide bonds. The number of carbonyl (C=O) groups excluding carboxylic acids is 3. The number of hydrogen-bond acceptors (Lipinski definition) is 8. The third-order valence-corrected chi connectivity index (χ3v) is 4.66. The van der Waals surface area contributed by atoms with Crippen molar-refractivity contribution in [2.24, 2.45) is 7.05 Å². The molecule has 0 saturated carbocycles. The van der Waals surface area contributed by atoms with Crippen molar-refractivity contribution >= 4 is 35.4 Å². The highest BCUT2D eigenvalue weighted by Gasteiger charge is 2.18. The van der Waals surface area contributed by atoms with Crippen molar-refractivity contribution in [2.45, 2.75) is 13.8 Å². The van der Waals surface area contributed by atoms with Crippen molar-refractivity contribution in [3.63, 3.8) is 0 Å². The Balaban J connectivity index is 1.91. The second-order valence-corrected chi connectivity index (χ2v) is 7.29. The van der Waals surface area contributed by atoms with Crippen molar-refractivity contribution in [2.75, 3.05) is 11.1 Å². The van der Waals surface area contributed by atoms with Crippen molar-refractivity contribution in [3.05, 3.63) is 81.0 Å². The van der Waals surface area contributed by atoms with Crippen molar-refractivity contribution in [1.29, 1.82) is 0 Å². The van der Waals surface area contributed by atoms with Crippen LogP contribution in [0.3, 0.4) is 0 Å². The third kappa shape index (κ3) is 5.71. The number of carbonyl (C=O) groups is 3. The fraction of sp³-hybridized carbons (Fsp3) is 0.125. The summed E-state index contributed by atoms with van der Waals surface area (Å²) in [7, 11) is 1.27. The lowest BCUT2D eigenvalue weighted by Gasteiger charge is -2.15. The average Bonchev–Trinajstić information content (AvgIpc) is 2.81. The normalized spacial score (nSPS) is 10.7. The van der Waals surface area contributed by atoms with Crippen LogP contribution in [-0.4, -0.2) is 27.0 Å². The topological polar surface area (TPSA) is 152 Å². The maximum atomic E-state index is 12.6. The zero-order valence-electron chi connectivity index (χ0n) is 19.1. The van der Waals surface area contributed by atoms with Gasteiger partial charge in [0.2, 0.25) is 5.91 Å². The Morgan fingerprint density at radius 1 is 0.943 bits per heavy atom. The Labute approximate surface area is 199 Å². The molecule has 0 radical (unpaired) electrons. The summed E-state index contributed by atoms with van der Waals surface area (Å²) in [4.78, 5) is 60.4. The number of benzene rings is 2. The van der Waals surface area contributed by atoms with E-state index in [1.807, 2.05) is 0 Å². The quantitative estimate of drug-likeness (QED) is 0.308. The molecule has 0 aliphatic rings. The number of nitrogens with one attached hydrogen (secondary N) is 1. The summed E-state index contributed by atoms with van der Waals surface area (Å²) in [5, 5.41) is 2.41. The SMILES string of the molecule is CC(=O)Oc1ccc(C=CC(=O)Nc2c(N)n(-c3ccccc3)c(=O)n(C)c2=O)cc1OC(C)=O. The molecule has 0 aliphatic carbocycles. The summed E-state index contributed by atoms with van der Waals surface area (Å²) in [5.41, 5.74) is 5.23. The van der Waals surface area contributed by atoms with Crippen LogP contribution in [0.2, 0.25) is 0 Å². The Kier molecular flexibility index (Phi) is 7.30. The number of amides is 1. The predicted octanol–water partition coefficient (Wildman–Crippen LogP) is 1.62. The number of hydrogen-bond donors (Lipinski definition) is 2. The Bertz CT molecular complexity index is 1450. The molecule has 3 rings (SSSR count). The van der Waals surface area contributed by atoms with Crippen LogP contribution in [0.1, 0.15) is 19.4 Å². The molecule has 180 valence electrons. The molecule has 3 aromatic rings. The van der Waals surface area contributed by atoms with Gasteiger partial charge in [-0.3, -0.25) is 23.7 Å². The van der Waals surface area contributed by atoms with Crippen LogP contribution in [0.15, 0.2) is 64.2 Å². The monoisotopic (exact) mass is 478 g/mol. The van der Waals surface area contributed by atoms with Crippen molar-refractivity contribution in [1.82, 2.24) is 9.13 Å². The number of esters is 2. The number of para-hydroxylation sites is 1. The van der Waals surface area contributed by atoms with Crippen LogP contribution in [0, 0.1) is 0 Å². The van der Waals surface area contributed by atoms with Gasteiger partial charge in [-0.1, -0.05) is 24.3 Å². The van der Waals surface area contributed by atoms with E-state index in [-0.39, 0.29) is 23.0 Å². The van der Waals surface area contributed by atoms with E-state index in [1.165, 1.54) is 45.2 Å². The summed E-state index contributed by atoms with van der Waals surface area (Å²) in [6.07, 6.45) is 2.50. The molecule has 1 heterocycles. The van der Waals surface area contributed by atoms with Crippen LogP contribution in [0.25, 0.3) is 11.8 Å². The van der Waals surface area contributed by atoms with E-state index >= 15 is 0 Å². The van der Waals surface area contributed by atoms with Gasteiger partial charge in [-0.2, -0.15) is 0 Å². The number of nitrogens with two attached hydrogens (primary N) is 1. The van der Waals surface area contributed by atoms with Crippen LogP contribution < -0.4 is 31.8 Å². The first-order valence-electron chi connectivity index (χ1n) is 10.3. The molecule has 0 bridgehead atoms. The van der Waals surface area contributed by atoms with Gasteiger partial charge >= 0.3 is 17.6 Å². The molecule has 1 aromatic heterocycles. The molecule has 3 N–H and O–H groups in total. The molecule has 0 saturated heterocycles. The highest BCUT2D eigenvalue weighted by atomic mass is 16.6. The highest BCUT2D eigenvalue weighted by Crippen LogP contribution is 2.29. The van der Waals surface area contributed by atoms with Gasteiger partial charge in [-0.25, -0.2) is 9.36 Å². The van der Waals surface area contributed by atoms with Gasteiger partial charge in [0.15, 0.2) is 11.5 Å². The van der Waals surface area contributed by atoms with E-state index in [4.69, 9.17) is 15.2 Å². The minimum atomic E-state index is -0.774. The Morgan fingerprint density at radius 3 is 2.20 bits per heavy atom. The highest BCUT2D eigenvalue weighted by molar-refractivity contribution is 6.03. The number of rotatable bonds is 6. The van der Waals surface area contributed by atoms with Crippen molar-refractivity contribution < 1.29 is 23.9 Å². The molecule has 35 heavy (non-hydrogen) atoms. The van der Waals surface area contributed by atoms with E-state index in [2.05, 4.69) is 5.32 Å². The fourth-order valence-electron chi connectivity index (χ4n) is 3.11. The second kappa shape index (κ2) is 10.3. The summed E-state index contributed by atoms with van der Waals surface area (Å²) in [5.74, 6) is -2.13. The number of nitrogen functional groups attached to an aromatic ring is 1. The predicted molar refractivity (Wildman–Crippen MR) is 128 cm³/mol. The van der Waals surface area contributed by atoms with Crippen LogP contribution in [0.5, 0.6) is 11.5 Å². The largest absolute Gasteiger partial charge is 0.423 e. The molecule has 11 nitrogen and oxygen atoms in total. The number of nitrogens with zero attached hydrogens (tertiary/aromatic N) is 2. The van der Waals surface area contributed by atoms with Crippen LogP contribution in [-0.2, 0) is 21.4 Å². The molecule has 0 fully saturated rings. The minimum absolute atomic E-state index is 0.0108. The minimum Gasteiger partial charge on any atom is -0.423 e. The summed E-state index contributed by atoms with van der Waals surface area (Å²) in [6, 6.07) is 12.7. The van der Waals surface area contributed by atoms with Gasteiger partial charge in [0.25, 0.3) is 5.56 Å². The van der Waals surface area contributed by atoms with E-state index in [0.717, 1.165) is 15.2 Å². The van der Waals surface area contributed by atoms with E-state index in [1.54, 1.807) is 30.3 Å². The number of ether oxygens (including phenoxy) is 2. The van der Waals surface area contributed by atoms with Gasteiger partial charge in [0, 0.05) is 27.0 Å². The van der Waals surface area contributed by atoms with E-state index < -0.39 is 29.1 Å². The average molecular weight is 478 g/mol. The zero-order valence-corrected chi connectivity index (χ0v) is 19.1. The maximum absolute atomic E-state index is 12.6. The molecule has 0 spiro atoms. The molecule has 2 aromatic carbocycles. The first-order valence-corrected chi connectivity index (χ1v) is 10.3. The first-order chi connectivity index (χ1) is 16.6. The van der Waals surface area contributed by atoms with E-state index in [0.29, 0.717) is 11.3 Å². The first kappa shape index (κ1) is 24.7. The van der Waals surface area contributed by atoms with Crippen LogP contribution in [0.4, 0.5) is 11.5 Å². The van der Waals surface area contributed by atoms with Crippen molar-refractivity contribution in [3.8, 4) is 17.2 Å². The van der Waals surface area contributed by atoms with Gasteiger partial charge in [0.1, 0.15) is 11.5 Å². The molecule has 11 heteroatoms. The lowest BCUT2D eigenvalue weighted by Crippen LogP contribution is -2.40. The van der Waals surface area contributed by atoms with E-state index in [9.17, 15) is 24.0 Å². The third-order valence-electron chi connectivity index (χ3n) is 4.66. The summed E-state index contributed by atoms with van der Waals surface area (Å²) in [6.45, 7) is 2.39. The lowest BCUT2D eigenvalue weighted by molar-refractivity contribution is -0.134. The standard InChI is InChI=1S/C24H22N4O7/c1-14(29)34-18-11-9-16(13-19(18)35-15(2)30)10-12-20(31)26-21-22(25)28(17-7-5-4-6-8-17)24(33)27(3)23(21)32/h4-13H,25H2,1-3H3,(H,26,31). The maximum Gasteiger partial charge on any atom is 0.337 e.